The van der Waals surface area contributed by atoms with Crippen molar-refractivity contribution in [2.45, 2.75) is 84.5 Å². The molecule has 1 aromatic carbocycles. The molecule has 28 heavy (non-hydrogen) atoms. The number of rotatable bonds is 14. The van der Waals surface area contributed by atoms with Gasteiger partial charge in [-0.05, 0) is 49.1 Å². The second-order valence-electron chi connectivity index (χ2n) is 7.62. The second kappa shape index (κ2) is 13.6. The first-order valence-corrected chi connectivity index (χ1v) is 11.5. The molecular weight excluding hydrogens is 366 g/mol. The van der Waals surface area contributed by atoms with E-state index in [1.807, 2.05) is 24.4 Å². The molecule has 0 fully saturated rings. The van der Waals surface area contributed by atoms with Crippen LogP contribution in [-0.4, -0.2) is 11.6 Å². The van der Waals surface area contributed by atoms with Crippen molar-refractivity contribution in [3.63, 3.8) is 0 Å². The predicted molar refractivity (Wildman–Crippen MR) is 121 cm³/mol. The van der Waals surface area contributed by atoms with Gasteiger partial charge in [-0.1, -0.05) is 82.9 Å². The van der Waals surface area contributed by atoms with Crippen molar-refractivity contribution in [1.82, 2.24) is 4.98 Å². The first kappa shape index (κ1) is 22.7. The molecule has 0 saturated carbocycles. The molecule has 0 N–H and O–H groups in total. The van der Waals surface area contributed by atoms with Crippen LogP contribution < -0.4 is 4.74 Å². The van der Waals surface area contributed by atoms with Crippen molar-refractivity contribution in [2.75, 3.05) is 6.61 Å². The Hall–Kier alpha value is -1.54. The molecule has 1 heterocycles. The van der Waals surface area contributed by atoms with Crippen molar-refractivity contribution >= 4 is 11.6 Å². The van der Waals surface area contributed by atoms with E-state index in [-0.39, 0.29) is 0 Å². The number of aryl methyl sites for hydroxylation is 1. The lowest BCUT2D eigenvalue weighted by molar-refractivity contribution is 0.304. The van der Waals surface area contributed by atoms with Crippen molar-refractivity contribution in [1.29, 1.82) is 0 Å². The molecule has 154 valence electrons. The Morgan fingerprint density at radius 2 is 1.54 bits per heavy atom. The van der Waals surface area contributed by atoms with Crippen LogP contribution in [0, 0.1) is 0 Å². The highest BCUT2D eigenvalue weighted by atomic mass is 35.5. The maximum Gasteiger partial charge on any atom is 0.137 e. The number of hydrogen-bond acceptors (Lipinski definition) is 2. The lowest BCUT2D eigenvalue weighted by Crippen LogP contribution is -1.98. The number of ether oxygens (including phenoxy) is 1. The van der Waals surface area contributed by atoms with Crippen LogP contribution in [0.15, 0.2) is 36.5 Å². The summed E-state index contributed by atoms with van der Waals surface area (Å²) in [7, 11) is 0. The van der Waals surface area contributed by atoms with Crippen LogP contribution in [0.1, 0.15) is 83.6 Å². The molecule has 0 aliphatic carbocycles. The van der Waals surface area contributed by atoms with Crippen LogP contribution in [-0.2, 0) is 6.42 Å². The van der Waals surface area contributed by atoms with E-state index < -0.39 is 0 Å². The van der Waals surface area contributed by atoms with Crippen molar-refractivity contribution in [3.8, 4) is 17.0 Å². The molecule has 0 aliphatic heterocycles. The molecule has 0 amide bonds. The number of unbranched alkanes of at least 4 members (excludes halogenated alkanes) is 8. The summed E-state index contributed by atoms with van der Waals surface area (Å²) in [5.74, 6) is 0.771. The third kappa shape index (κ3) is 8.22. The minimum Gasteiger partial charge on any atom is -0.492 e. The molecular formula is C25H36ClNO. The number of pyridine rings is 1. The van der Waals surface area contributed by atoms with Gasteiger partial charge in [0.15, 0.2) is 0 Å². The zero-order valence-corrected chi connectivity index (χ0v) is 18.4. The summed E-state index contributed by atoms with van der Waals surface area (Å²) in [6.45, 7) is 5.22. The molecule has 0 bridgehead atoms. The van der Waals surface area contributed by atoms with Gasteiger partial charge in [0, 0.05) is 11.8 Å². The zero-order chi connectivity index (χ0) is 20.0. The van der Waals surface area contributed by atoms with E-state index in [4.69, 9.17) is 16.3 Å². The van der Waals surface area contributed by atoms with Crippen LogP contribution >= 0.6 is 11.6 Å². The van der Waals surface area contributed by atoms with Crippen LogP contribution in [0.2, 0.25) is 5.02 Å². The maximum atomic E-state index is 6.44. The summed E-state index contributed by atoms with van der Waals surface area (Å²) in [5, 5.41) is 0.661. The summed E-state index contributed by atoms with van der Waals surface area (Å²) < 4.78 is 5.88. The number of hydrogen-bond donors (Lipinski definition) is 0. The van der Waals surface area contributed by atoms with E-state index in [9.17, 15) is 0 Å². The molecule has 1 aromatic heterocycles. The standard InChI is InChI=1S/C25H36ClNO/c1-3-5-7-8-9-10-12-18-28-25-17-15-22(19-23(25)26)24-16-14-21(20-27-24)13-11-6-4-2/h14-17,19-20H,3-13,18H2,1-2H3. The van der Waals surface area contributed by atoms with Gasteiger partial charge in [0.1, 0.15) is 5.75 Å². The van der Waals surface area contributed by atoms with Crippen LogP contribution in [0.25, 0.3) is 11.3 Å². The molecule has 0 saturated heterocycles. The molecule has 2 rings (SSSR count). The van der Waals surface area contributed by atoms with Crippen molar-refractivity contribution in [2.24, 2.45) is 0 Å². The van der Waals surface area contributed by atoms with Gasteiger partial charge in [-0.3, -0.25) is 4.98 Å². The van der Waals surface area contributed by atoms with Crippen LogP contribution in [0.4, 0.5) is 0 Å². The second-order valence-corrected chi connectivity index (χ2v) is 8.03. The van der Waals surface area contributed by atoms with Gasteiger partial charge in [0.05, 0.1) is 17.3 Å². The fraction of sp³-hybridized carbons (Fsp3) is 0.560. The Kier molecular flexibility index (Phi) is 11.1. The van der Waals surface area contributed by atoms with Crippen LogP contribution in [0.5, 0.6) is 5.75 Å². The first-order valence-electron chi connectivity index (χ1n) is 11.1. The van der Waals surface area contributed by atoms with Crippen molar-refractivity contribution in [3.05, 3.63) is 47.1 Å². The number of nitrogens with zero attached hydrogens (tertiary/aromatic N) is 1. The lowest BCUT2D eigenvalue weighted by atomic mass is 10.1. The Morgan fingerprint density at radius 1 is 0.821 bits per heavy atom. The van der Waals surface area contributed by atoms with E-state index in [0.29, 0.717) is 5.02 Å². The van der Waals surface area contributed by atoms with Gasteiger partial charge < -0.3 is 4.74 Å². The van der Waals surface area contributed by atoms with Gasteiger partial charge in [0.2, 0.25) is 0 Å². The monoisotopic (exact) mass is 401 g/mol. The number of aromatic nitrogens is 1. The minimum atomic E-state index is 0.661. The SMILES string of the molecule is CCCCCCCCCOc1ccc(-c2ccc(CCCCC)cn2)cc1Cl. The number of benzene rings is 1. The molecule has 0 unspecified atom stereocenters. The fourth-order valence-electron chi connectivity index (χ4n) is 3.34. The molecule has 3 heteroatoms. The van der Waals surface area contributed by atoms with E-state index in [1.54, 1.807) is 0 Å². The third-order valence-electron chi connectivity index (χ3n) is 5.13. The minimum absolute atomic E-state index is 0.661. The molecule has 0 radical (unpaired) electrons. The Bertz CT molecular complexity index is 669. The summed E-state index contributed by atoms with van der Waals surface area (Å²) in [4.78, 5) is 4.62. The highest BCUT2D eigenvalue weighted by molar-refractivity contribution is 6.32. The van der Waals surface area contributed by atoms with E-state index >= 15 is 0 Å². The highest BCUT2D eigenvalue weighted by Gasteiger charge is 2.06. The first-order chi connectivity index (χ1) is 13.7. The largest absolute Gasteiger partial charge is 0.492 e. The fourth-order valence-corrected chi connectivity index (χ4v) is 3.58. The maximum absolute atomic E-state index is 6.44. The molecule has 2 nitrogen and oxygen atoms in total. The molecule has 0 spiro atoms. The summed E-state index contributed by atoms with van der Waals surface area (Å²) in [5.41, 5.74) is 3.30. The smallest absolute Gasteiger partial charge is 0.137 e. The highest BCUT2D eigenvalue weighted by Crippen LogP contribution is 2.30. The quantitative estimate of drug-likeness (QED) is 0.297. The van der Waals surface area contributed by atoms with Gasteiger partial charge in [-0.2, -0.15) is 0 Å². The summed E-state index contributed by atoms with van der Waals surface area (Å²) in [6.07, 6.45) is 15.8. The molecule has 0 aliphatic rings. The Labute approximate surface area is 176 Å². The van der Waals surface area contributed by atoms with Gasteiger partial charge >= 0.3 is 0 Å². The van der Waals surface area contributed by atoms with E-state index in [0.717, 1.165) is 36.5 Å². The zero-order valence-electron chi connectivity index (χ0n) is 17.7. The summed E-state index contributed by atoms with van der Waals surface area (Å²) in [6, 6.07) is 10.2. The molecule has 0 atom stereocenters. The van der Waals surface area contributed by atoms with E-state index in [1.165, 1.54) is 63.4 Å². The Balaban J connectivity index is 1.78. The predicted octanol–water partition coefficient (Wildman–Crippen LogP) is 8.26. The Morgan fingerprint density at radius 3 is 2.21 bits per heavy atom. The van der Waals surface area contributed by atoms with Gasteiger partial charge in [-0.25, -0.2) is 0 Å². The average Bonchev–Trinajstić information content (AvgIpc) is 2.72. The van der Waals surface area contributed by atoms with Crippen LogP contribution in [0.3, 0.4) is 0 Å². The van der Waals surface area contributed by atoms with Gasteiger partial charge in [0.25, 0.3) is 0 Å². The normalized spacial score (nSPS) is 11.0. The lowest BCUT2D eigenvalue weighted by Gasteiger charge is -2.10. The van der Waals surface area contributed by atoms with Crippen molar-refractivity contribution < 1.29 is 4.74 Å². The number of halogens is 1. The average molecular weight is 402 g/mol. The van der Waals surface area contributed by atoms with E-state index in [2.05, 4.69) is 31.0 Å². The third-order valence-corrected chi connectivity index (χ3v) is 5.42. The topological polar surface area (TPSA) is 22.1 Å². The molecule has 2 aromatic rings. The van der Waals surface area contributed by atoms with Gasteiger partial charge in [-0.15, -0.1) is 0 Å². The summed E-state index contributed by atoms with van der Waals surface area (Å²) >= 11 is 6.44.